The fourth-order valence-corrected chi connectivity index (χ4v) is 2.83. The lowest BCUT2D eigenvalue weighted by Gasteiger charge is -2.09. The number of benzene rings is 2. The molecule has 1 N–H and O–H groups in total. The summed E-state index contributed by atoms with van der Waals surface area (Å²) in [4.78, 5) is 0. The topological polar surface area (TPSA) is 35.8 Å². The van der Waals surface area contributed by atoms with Gasteiger partial charge in [0.25, 0.3) is 0 Å². The van der Waals surface area contributed by atoms with Gasteiger partial charge in [0, 0.05) is 13.7 Å². The van der Waals surface area contributed by atoms with Crippen molar-refractivity contribution in [3.63, 3.8) is 0 Å². The van der Waals surface area contributed by atoms with E-state index >= 15 is 0 Å². The fourth-order valence-electron chi connectivity index (χ4n) is 1.43. The van der Waals surface area contributed by atoms with Crippen LogP contribution in [0.15, 0.2) is 40.9 Å². The van der Waals surface area contributed by atoms with Crippen LogP contribution in [0.5, 0.6) is 0 Å². The maximum absolute atomic E-state index is 13.4. The molecule has 0 radical (unpaired) electrons. The molecule has 0 saturated carbocycles. The first kappa shape index (κ1) is 13.3. The maximum Gasteiger partial charge on any atom is 0.143 e. The summed E-state index contributed by atoms with van der Waals surface area (Å²) in [5, 5.41) is 11.7. The van der Waals surface area contributed by atoms with Crippen molar-refractivity contribution in [1.82, 2.24) is 0 Å². The summed E-state index contributed by atoms with van der Waals surface area (Å²) in [6, 6.07) is 12.0. The molecule has 0 spiro atoms. The van der Waals surface area contributed by atoms with Gasteiger partial charge in [0.2, 0.25) is 0 Å². The lowest BCUT2D eigenvalue weighted by Crippen LogP contribution is -1.93. The van der Waals surface area contributed by atoms with E-state index in [9.17, 15) is 4.39 Å². The van der Waals surface area contributed by atoms with Gasteiger partial charge in [0.1, 0.15) is 11.9 Å². The molecule has 5 heteroatoms. The van der Waals surface area contributed by atoms with Crippen LogP contribution in [-0.4, -0.2) is 0 Å². The van der Waals surface area contributed by atoms with E-state index in [0.29, 0.717) is 5.69 Å². The van der Waals surface area contributed by atoms with Crippen LogP contribution < -0.4 is 5.32 Å². The van der Waals surface area contributed by atoms with Crippen LogP contribution in [0.2, 0.25) is 0 Å². The Morgan fingerprint density at radius 3 is 2.61 bits per heavy atom. The van der Waals surface area contributed by atoms with E-state index in [1.165, 1.54) is 12.1 Å². The maximum atomic E-state index is 13.4. The molecule has 0 unspecified atom stereocenters. The Labute approximate surface area is 126 Å². The largest absolute Gasteiger partial charge is 0.355 e. The highest BCUT2D eigenvalue weighted by atomic mass is 127. The van der Waals surface area contributed by atoms with Crippen LogP contribution in [0.25, 0.3) is 0 Å². The predicted molar refractivity (Wildman–Crippen MR) is 81.3 cm³/mol. The van der Waals surface area contributed by atoms with Crippen molar-refractivity contribution in [2.75, 3.05) is 5.32 Å². The highest BCUT2D eigenvalue weighted by molar-refractivity contribution is 14.1. The minimum absolute atomic E-state index is 0.0437. The molecule has 0 aromatic heterocycles. The predicted octanol–water partition coefficient (Wildman–Crippen LogP) is 4.81. The molecule has 2 aromatic carbocycles. The van der Waals surface area contributed by atoms with Crippen molar-refractivity contribution < 1.29 is 4.39 Å². The van der Waals surface area contributed by atoms with Gasteiger partial charge >= 0.3 is 0 Å². The zero-order valence-electron chi connectivity index (χ0n) is 9.05. The van der Waals surface area contributed by atoms with Crippen LogP contribution in [0.3, 0.4) is 0 Å². The van der Waals surface area contributed by atoms with E-state index in [1.807, 2.05) is 18.2 Å². The van der Waals surface area contributed by atoms with Gasteiger partial charge in [-0.05, 0) is 74.9 Å². The first-order valence-electron chi connectivity index (χ1n) is 5.02. The number of anilines is 2. The molecule has 0 bridgehead atoms. The minimum atomic E-state index is -0.524. The molecule has 0 atom stereocenters. The van der Waals surface area contributed by atoms with Gasteiger partial charge < -0.3 is 5.32 Å². The molecule has 0 fully saturated rings. The summed E-state index contributed by atoms with van der Waals surface area (Å²) in [5.41, 5.74) is 1.50. The number of hydrogen-bond acceptors (Lipinski definition) is 2. The molecule has 0 heterocycles. The molecular weight excluding hydrogens is 410 g/mol. The first-order chi connectivity index (χ1) is 8.60. The normalized spacial score (nSPS) is 9.89. The number of nitrogens with one attached hydrogen (secondary N) is 1. The zero-order valence-corrected chi connectivity index (χ0v) is 12.8. The molecule has 0 aliphatic carbocycles. The van der Waals surface area contributed by atoms with Crippen LogP contribution in [0.1, 0.15) is 5.56 Å². The van der Waals surface area contributed by atoms with Gasteiger partial charge in [-0.1, -0.05) is 0 Å². The van der Waals surface area contributed by atoms with E-state index in [4.69, 9.17) is 5.26 Å². The molecular formula is C13H7BrFIN2. The molecule has 0 aliphatic heterocycles. The van der Waals surface area contributed by atoms with Crippen LogP contribution in [-0.2, 0) is 0 Å². The second-order valence-corrected chi connectivity index (χ2v) is 5.66. The summed E-state index contributed by atoms with van der Waals surface area (Å²) in [6.07, 6.45) is 0. The summed E-state index contributed by atoms with van der Waals surface area (Å²) in [7, 11) is 0. The second-order valence-electron chi connectivity index (χ2n) is 3.56. The van der Waals surface area contributed by atoms with Crippen molar-refractivity contribution in [3.8, 4) is 6.07 Å². The Kier molecular flexibility index (Phi) is 4.19. The number of rotatable bonds is 2. The Morgan fingerprint density at radius 1 is 1.22 bits per heavy atom. The molecule has 2 aromatic rings. The van der Waals surface area contributed by atoms with Gasteiger partial charge in [-0.2, -0.15) is 5.26 Å². The standard InChI is InChI=1S/C13H7BrFIN2/c14-11-5-9(16)2-4-13(11)18-10-3-1-8(7-17)12(15)6-10/h1-6,18H. The lowest BCUT2D eigenvalue weighted by atomic mass is 10.2. The second kappa shape index (κ2) is 5.67. The van der Waals surface area contributed by atoms with Crippen molar-refractivity contribution in [2.45, 2.75) is 0 Å². The molecule has 0 amide bonds. The highest BCUT2D eigenvalue weighted by Crippen LogP contribution is 2.28. The Bertz CT molecular complexity index is 637. The Balaban J connectivity index is 2.29. The molecule has 2 nitrogen and oxygen atoms in total. The molecule has 0 aliphatic rings. The average Bonchev–Trinajstić information content (AvgIpc) is 2.33. The van der Waals surface area contributed by atoms with Crippen LogP contribution in [0, 0.1) is 20.7 Å². The number of nitriles is 1. The highest BCUT2D eigenvalue weighted by Gasteiger charge is 2.05. The Hall–Kier alpha value is -1.13. The third kappa shape index (κ3) is 3.00. The van der Waals surface area contributed by atoms with E-state index in [-0.39, 0.29) is 5.56 Å². The van der Waals surface area contributed by atoms with Crippen LogP contribution in [0.4, 0.5) is 15.8 Å². The summed E-state index contributed by atoms with van der Waals surface area (Å²) < 4.78 is 15.5. The fraction of sp³-hybridized carbons (Fsp3) is 0. The lowest BCUT2D eigenvalue weighted by molar-refractivity contribution is 0.624. The molecule has 90 valence electrons. The van der Waals surface area contributed by atoms with Gasteiger partial charge in [0.05, 0.1) is 11.3 Å². The van der Waals surface area contributed by atoms with Crippen molar-refractivity contribution in [2.24, 2.45) is 0 Å². The van der Waals surface area contributed by atoms with Gasteiger partial charge in [-0.3, -0.25) is 0 Å². The van der Waals surface area contributed by atoms with Crippen LogP contribution >= 0.6 is 38.5 Å². The van der Waals surface area contributed by atoms with Gasteiger partial charge in [0.15, 0.2) is 0 Å². The number of halogens is 3. The third-order valence-electron chi connectivity index (χ3n) is 2.30. The van der Waals surface area contributed by atoms with Gasteiger partial charge in [-0.25, -0.2) is 4.39 Å². The van der Waals surface area contributed by atoms with Crippen molar-refractivity contribution in [3.05, 3.63) is 55.8 Å². The first-order valence-corrected chi connectivity index (χ1v) is 6.89. The molecule has 0 saturated heterocycles. The third-order valence-corrected chi connectivity index (χ3v) is 3.63. The van der Waals surface area contributed by atoms with Crippen molar-refractivity contribution in [1.29, 1.82) is 5.26 Å². The molecule has 18 heavy (non-hydrogen) atoms. The summed E-state index contributed by atoms with van der Waals surface area (Å²) in [6.45, 7) is 0. The monoisotopic (exact) mass is 416 g/mol. The summed E-state index contributed by atoms with van der Waals surface area (Å²) >= 11 is 5.65. The molecule has 2 rings (SSSR count). The quantitative estimate of drug-likeness (QED) is 0.713. The summed E-state index contributed by atoms with van der Waals surface area (Å²) in [5.74, 6) is -0.524. The van der Waals surface area contributed by atoms with E-state index in [2.05, 4.69) is 43.8 Å². The van der Waals surface area contributed by atoms with Crippen molar-refractivity contribution >= 4 is 49.9 Å². The smallest absolute Gasteiger partial charge is 0.143 e. The number of hydrogen-bond donors (Lipinski definition) is 1. The number of nitrogens with zero attached hydrogens (tertiary/aromatic N) is 1. The van der Waals surface area contributed by atoms with E-state index < -0.39 is 5.82 Å². The SMILES string of the molecule is N#Cc1ccc(Nc2ccc(I)cc2Br)cc1F. The van der Waals surface area contributed by atoms with Gasteiger partial charge in [-0.15, -0.1) is 0 Å². The zero-order chi connectivity index (χ0) is 13.1. The minimum Gasteiger partial charge on any atom is -0.355 e. The Morgan fingerprint density at radius 2 is 2.00 bits per heavy atom. The van der Waals surface area contributed by atoms with E-state index in [0.717, 1.165) is 13.7 Å². The average molecular weight is 417 g/mol. The van der Waals surface area contributed by atoms with E-state index in [1.54, 1.807) is 12.1 Å².